The van der Waals surface area contributed by atoms with Crippen molar-refractivity contribution in [2.45, 2.75) is 5.92 Å². The van der Waals surface area contributed by atoms with E-state index in [1.54, 1.807) is 48.5 Å². The number of esters is 2. The van der Waals surface area contributed by atoms with Crippen molar-refractivity contribution in [3.63, 3.8) is 0 Å². The molecule has 1 atom stereocenters. The lowest BCUT2D eigenvalue weighted by Gasteiger charge is -2.36. The molecule has 0 spiro atoms. The molecule has 0 saturated heterocycles. The van der Waals surface area contributed by atoms with Gasteiger partial charge in [0.15, 0.2) is 5.78 Å². The summed E-state index contributed by atoms with van der Waals surface area (Å²) >= 11 is 0. The van der Waals surface area contributed by atoms with Gasteiger partial charge in [0.2, 0.25) is 0 Å². The summed E-state index contributed by atoms with van der Waals surface area (Å²) in [6, 6.07) is 21.8. The molecule has 0 radical (unpaired) electrons. The van der Waals surface area contributed by atoms with Crippen LogP contribution in [-0.2, 0) is 19.1 Å². The number of methoxy groups -OCH3 is 2. The van der Waals surface area contributed by atoms with E-state index in [4.69, 9.17) is 15.2 Å². The Morgan fingerprint density at radius 2 is 1.55 bits per heavy atom. The number of hydrogen-bond donors (Lipinski definition) is 1. The number of ketones is 1. The molecule has 4 rings (SSSR count). The molecule has 3 aromatic rings. The van der Waals surface area contributed by atoms with E-state index in [2.05, 4.69) is 0 Å². The highest BCUT2D eigenvalue weighted by Gasteiger charge is 2.44. The van der Waals surface area contributed by atoms with Gasteiger partial charge in [0.1, 0.15) is 11.5 Å². The fraction of sp³-hybridized carbons (Fsp3) is 0.103. The van der Waals surface area contributed by atoms with Crippen LogP contribution in [0.1, 0.15) is 27.4 Å². The first kappa shape index (κ1) is 27.3. The summed E-state index contributed by atoms with van der Waals surface area (Å²) in [5.74, 6) is -3.98. The van der Waals surface area contributed by atoms with Crippen LogP contribution in [0.5, 0.6) is 0 Å². The van der Waals surface area contributed by atoms with Crippen LogP contribution >= 0.6 is 0 Å². The topological polar surface area (TPSA) is 166 Å². The summed E-state index contributed by atoms with van der Waals surface area (Å²) in [7, 11) is 2.20. The minimum atomic E-state index is -1.12. The summed E-state index contributed by atoms with van der Waals surface area (Å²) in [6.07, 6.45) is 0. The van der Waals surface area contributed by atoms with Gasteiger partial charge in [-0.05, 0) is 11.6 Å². The zero-order valence-electron chi connectivity index (χ0n) is 21.4. The van der Waals surface area contributed by atoms with Gasteiger partial charge in [0.25, 0.3) is 5.69 Å². The fourth-order valence-electron chi connectivity index (χ4n) is 4.52. The molecule has 200 valence electrons. The van der Waals surface area contributed by atoms with Crippen LogP contribution in [0.25, 0.3) is 0 Å². The molecule has 0 aromatic heterocycles. The average molecular weight is 539 g/mol. The number of benzene rings is 3. The Labute approximate surface area is 228 Å². The van der Waals surface area contributed by atoms with Crippen LogP contribution in [0.4, 0.5) is 11.4 Å². The number of carbonyl (C=O) groups is 3. The molecule has 1 unspecified atom stereocenters. The van der Waals surface area contributed by atoms with Crippen molar-refractivity contribution < 1.29 is 28.8 Å². The Balaban J connectivity index is 2.11. The van der Waals surface area contributed by atoms with Gasteiger partial charge >= 0.3 is 11.9 Å². The lowest BCUT2D eigenvalue weighted by molar-refractivity contribution is -0.384. The van der Waals surface area contributed by atoms with Gasteiger partial charge in [-0.1, -0.05) is 60.7 Å². The van der Waals surface area contributed by atoms with Gasteiger partial charge in [-0.15, -0.1) is 0 Å². The number of anilines is 1. The first-order chi connectivity index (χ1) is 19.2. The van der Waals surface area contributed by atoms with Crippen LogP contribution in [0.2, 0.25) is 0 Å². The molecule has 0 bridgehead atoms. The molecule has 3 aromatic carbocycles. The maximum absolute atomic E-state index is 13.7. The summed E-state index contributed by atoms with van der Waals surface area (Å²) < 4.78 is 10.0. The normalized spacial score (nSPS) is 14.8. The first-order valence-electron chi connectivity index (χ1n) is 11.8. The van der Waals surface area contributed by atoms with Crippen molar-refractivity contribution in [2.75, 3.05) is 19.1 Å². The smallest absolute Gasteiger partial charge is 0.355 e. The summed E-state index contributed by atoms with van der Waals surface area (Å²) in [6.45, 7) is 0. The highest BCUT2D eigenvalue weighted by atomic mass is 16.6. The second-order valence-electron chi connectivity index (χ2n) is 8.49. The Morgan fingerprint density at radius 3 is 2.10 bits per heavy atom. The van der Waals surface area contributed by atoms with E-state index in [-0.39, 0.29) is 33.8 Å². The Hall–Kier alpha value is -5.76. The van der Waals surface area contributed by atoms with Gasteiger partial charge < -0.3 is 15.2 Å². The molecule has 0 amide bonds. The summed E-state index contributed by atoms with van der Waals surface area (Å²) in [5.41, 5.74) is 5.72. The fourth-order valence-corrected chi connectivity index (χ4v) is 4.52. The molecular weight excluding hydrogens is 516 g/mol. The van der Waals surface area contributed by atoms with Gasteiger partial charge in [-0.3, -0.25) is 19.8 Å². The second kappa shape index (κ2) is 11.3. The minimum Gasteiger partial charge on any atom is -0.466 e. The van der Waals surface area contributed by atoms with Crippen LogP contribution in [-0.4, -0.2) is 36.9 Å². The number of nitrogens with zero attached hydrogens (tertiary/aromatic N) is 3. The van der Waals surface area contributed by atoms with Crippen molar-refractivity contribution in [1.29, 1.82) is 5.26 Å². The molecule has 1 aliphatic heterocycles. The highest BCUT2D eigenvalue weighted by molar-refractivity contribution is 6.15. The number of nitrogens with two attached hydrogens (primary N) is 1. The van der Waals surface area contributed by atoms with E-state index in [9.17, 15) is 29.8 Å². The zero-order valence-corrected chi connectivity index (χ0v) is 21.4. The predicted octanol–water partition coefficient (Wildman–Crippen LogP) is 3.72. The summed E-state index contributed by atoms with van der Waals surface area (Å²) in [5, 5.41) is 21.8. The average Bonchev–Trinajstić information content (AvgIpc) is 2.99. The zero-order chi connectivity index (χ0) is 29.0. The van der Waals surface area contributed by atoms with Crippen molar-refractivity contribution >= 4 is 29.1 Å². The SMILES string of the molecule is COC(=O)C1=C(C(=O)OC)N(c2ccc([N+](=O)[O-])cc2C(=O)c2ccccc2)C(N)=C(C#N)C1c1ccccc1. The van der Waals surface area contributed by atoms with E-state index >= 15 is 0 Å². The van der Waals surface area contributed by atoms with Gasteiger partial charge in [-0.2, -0.15) is 5.26 Å². The minimum absolute atomic E-state index is 0.0852. The monoisotopic (exact) mass is 538 g/mol. The number of non-ortho nitro benzene ring substituents is 1. The standard InChI is InChI=1S/C29H22N4O7/c1-39-28(35)24-23(17-9-5-3-6-10-17)21(16-30)27(31)32(25(24)29(36)40-2)22-14-13-19(33(37)38)15-20(22)26(34)18-11-7-4-8-12-18/h3-15,23H,31H2,1-2H3. The molecule has 0 saturated carbocycles. The van der Waals surface area contributed by atoms with Crippen LogP contribution in [0, 0.1) is 21.4 Å². The Morgan fingerprint density at radius 1 is 0.950 bits per heavy atom. The maximum Gasteiger partial charge on any atom is 0.355 e. The highest BCUT2D eigenvalue weighted by Crippen LogP contribution is 2.44. The van der Waals surface area contributed by atoms with E-state index in [1.807, 2.05) is 6.07 Å². The third kappa shape index (κ3) is 4.77. The number of hydrogen-bond acceptors (Lipinski definition) is 10. The molecule has 11 nitrogen and oxygen atoms in total. The number of ether oxygens (including phenoxy) is 2. The quantitative estimate of drug-likeness (QED) is 0.203. The summed E-state index contributed by atoms with van der Waals surface area (Å²) in [4.78, 5) is 52.2. The van der Waals surface area contributed by atoms with Crippen LogP contribution in [0.3, 0.4) is 0 Å². The Kier molecular flexibility index (Phi) is 7.72. The molecule has 0 aliphatic carbocycles. The predicted molar refractivity (Wildman–Crippen MR) is 143 cm³/mol. The number of allylic oxidation sites excluding steroid dienone is 1. The lowest BCUT2D eigenvalue weighted by Crippen LogP contribution is -2.41. The maximum atomic E-state index is 13.7. The molecule has 1 aliphatic rings. The van der Waals surface area contributed by atoms with E-state index < -0.39 is 39.9 Å². The van der Waals surface area contributed by atoms with Crippen LogP contribution < -0.4 is 10.6 Å². The third-order valence-electron chi connectivity index (χ3n) is 6.32. The molecule has 1 heterocycles. The Bertz CT molecular complexity index is 1620. The van der Waals surface area contributed by atoms with Gasteiger partial charge in [-0.25, -0.2) is 9.59 Å². The number of carbonyl (C=O) groups excluding carboxylic acids is 3. The molecular formula is C29H22N4O7. The molecule has 2 N–H and O–H groups in total. The van der Waals surface area contributed by atoms with Crippen molar-refractivity contribution in [3.05, 3.63) is 128 Å². The molecule has 40 heavy (non-hydrogen) atoms. The van der Waals surface area contributed by atoms with Crippen molar-refractivity contribution in [3.8, 4) is 6.07 Å². The lowest BCUT2D eigenvalue weighted by atomic mass is 9.80. The number of nitro groups is 1. The molecule has 11 heteroatoms. The number of nitro benzene ring substituents is 1. The van der Waals surface area contributed by atoms with Crippen LogP contribution in [0.15, 0.2) is 102 Å². The van der Waals surface area contributed by atoms with E-state index in [0.29, 0.717) is 5.56 Å². The van der Waals surface area contributed by atoms with Crippen molar-refractivity contribution in [2.24, 2.45) is 5.73 Å². The van der Waals surface area contributed by atoms with E-state index in [0.717, 1.165) is 31.3 Å². The first-order valence-corrected chi connectivity index (χ1v) is 11.8. The van der Waals surface area contributed by atoms with Gasteiger partial charge in [0, 0.05) is 17.7 Å². The number of rotatable bonds is 7. The number of nitriles is 1. The van der Waals surface area contributed by atoms with Gasteiger partial charge in [0.05, 0.1) is 53.5 Å². The van der Waals surface area contributed by atoms with E-state index in [1.165, 1.54) is 18.2 Å². The van der Waals surface area contributed by atoms with Crippen molar-refractivity contribution in [1.82, 2.24) is 0 Å². The molecule has 0 fully saturated rings. The second-order valence-corrected chi connectivity index (χ2v) is 8.49. The largest absolute Gasteiger partial charge is 0.466 e. The third-order valence-corrected chi connectivity index (χ3v) is 6.32.